The van der Waals surface area contributed by atoms with Crippen molar-refractivity contribution in [3.05, 3.63) is 70.7 Å². The van der Waals surface area contributed by atoms with Gasteiger partial charge in [-0.05, 0) is 47.4 Å². The van der Waals surface area contributed by atoms with Crippen LogP contribution in [0.5, 0.6) is 5.75 Å². The molecule has 1 aliphatic rings. The Bertz CT molecular complexity index is 1120. The van der Waals surface area contributed by atoms with Gasteiger partial charge in [-0.25, -0.2) is 15.0 Å². The Morgan fingerprint density at radius 2 is 1.88 bits per heavy atom. The third kappa shape index (κ3) is 5.28. The summed E-state index contributed by atoms with van der Waals surface area (Å²) in [7, 11) is 0. The molecule has 0 amide bonds. The molecule has 33 heavy (non-hydrogen) atoms. The van der Waals surface area contributed by atoms with E-state index in [2.05, 4.69) is 37.3 Å². The molecule has 0 N–H and O–H groups in total. The quantitative estimate of drug-likeness (QED) is 0.389. The first-order chi connectivity index (χ1) is 15.8. The number of para-hydroxylation sites is 1. The SMILES string of the molecule is CCc1cnc(N2CCC(c3nc(C(Oc4ccccc4)n4cnnn4)cs3)CC2)nc1.Cl. The highest BCUT2D eigenvalue weighted by Gasteiger charge is 2.27. The highest BCUT2D eigenvalue weighted by molar-refractivity contribution is 7.09. The summed E-state index contributed by atoms with van der Waals surface area (Å²) in [4.78, 5) is 16.3. The topological polar surface area (TPSA) is 94.7 Å². The highest BCUT2D eigenvalue weighted by Crippen LogP contribution is 2.33. The normalized spacial score (nSPS) is 15.1. The predicted octanol–water partition coefficient (Wildman–Crippen LogP) is 3.91. The van der Waals surface area contributed by atoms with Crippen LogP contribution in [0.2, 0.25) is 0 Å². The van der Waals surface area contributed by atoms with Crippen molar-refractivity contribution in [1.29, 1.82) is 0 Å². The Balaban J connectivity index is 0.00000259. The number of nitrogens with zero attached hydrogens (tertiary/aromatic N) is 8. The number of rotatable bonds is 7. The summed E-state index contributed by atoms with van der Waals surface area (Å²) in [5, 5.41) is 14.7. The van der Waals surface area contributed by atoms with Gasteiger partial charge in [-0.2, -0.15) is 4.68 Å². The van der Waals surface area contributed by atoms with Gasteiger partial charge in [-0.3, -0.25) is 0 Å². The van der Waals surface area contributed by atoms with Gasteiger partial charge in [0.15, 0.2) is 0 Å². The van der Waals surface area contributed by atoms with Gasteiger partial charge in [0.2, 0.25) is 12.2 Å². The summed E-state index contributed by atoms with van der Waals surface area (Å²) < 4.78 is 7.77. The fraction of sp³-hybridized carbons (Fsp3) is 0.364. The standard InChI is InChI=1S/C22H24N8OS.ClH/c1-2-16-12-23-22(24-13-16)29-10-8-17(9-11-29)20-26-19(14-32-20)21(30-15-25-27-28-30)31-18-6-4-3-5-7-18;/h3-7,12-15,17,21H,2,8-11H2,1H3;1H. The van der Waals surface area contributed by atoms with Crippen molar-refractivity contribution >= 4 is 29.7 Å². The first kappa shape index (κ1) is 23.1. The molecular formula is C22H25ClN8OS. The van der Waals surface area contributed by atoms with Gasteiger partial charge >= 0.3 is 0 Å². The zero-order chi connectivity index (χ0) is 21.8. The van der Waals surface area contributed by atoms with Gasteiger partial charge in [-0.1, -0.05) is 25.1 Å². The Labute approximate surface area is 202 Å². The van der Waals surface area contributed by atoms with E-state index in [1.54, 1.807) is 22.3 Å². The number of benzene rings is 1. The van der Waals surface area contributed by atoms with Gasteiger partial charge < -0.3 is 9.64 Å². The van der Waals surface area contributed by atoms with Crippen molar-refractivity contribution in [2.24, 2.45) is 0 Å². The molecule has 0 saturated carbocycles. The average Bonchev–Trinajstić information content (AvgIpc) is 3.56. The number of ether oxygens (including phenoxy) is 1. The number of piperidine rings is 1. The number of hydrogen-bond donors (Lipinski definition) is 0. The summed E-state index contributed by atoms with van der Waals surface area (Å²) in [6.45, 7) is 3.95. The molecule has 4 aromatic rings. The van der Waals surface area contributed by atoms with E-state index in [1.165, 1.54) is 0 Å². The van der Waals surface area contributed by atoms with Crippen LogP contribution < -0.4 is 9.64 Å². The number of halogens is 1. The Morgan fingerprint density at radius 3 is 2.55 bits per heavy atom. The lowest BCUT2D eigenvalue weighted by molar-refractivity contribution is 0.152. The monoisotopic (exact) mass is 484 g/mol. The van der Waals surface area contributed by atoms with Gasteiger partial charge in [0.05, 0.1) is 5.01 Å². The van der Waals surface area contributed by atoms with Gasteiger partial charge in [0.1, 0.15) is 17.8 Å². The minimum absolute atomic E-state index is 0. The molecule has 3 aromatic heterocycles. The van der Waals surface area contributed by atoms with E-state index in [9.17, 15) is 0 Å². The first-order valence-corrected chi connectivity index (χ1v) is 11.6. The summed E-state index contributed by atoms with van der Waals surface area (Å²) in [5.41, 5.74) is 1.97. The second kappa shape index (κ2) is 10.7. The number of anilines is 1. The smallest absolute Gasteiger partial charge is 0.238 e. The molecule has 4 heterocycles. The summed E-state index contributed by atoms with van der Waals surface area (Å²) >= 11 is 1.67. The third-order valence-corrected chi connectivity index (χ3v) is 6.64. The maximum absolute atomic E-state index is 6.18. The lowest BCUT2D eigenvalue weighted by atomic mass is 9.98. The number of tetrazole rings is 1. The van der Waals surface area contributed by atoms with E-state index in [0.717, 1.165) is 60.3 Å². The molecule has 1 unspecified atom stereocenters. The van der Waals surface area contributed by atoms with E-state index in [4.69, 9.17) is 9.72 Å². The molecule has 5 rings (SSSR count). The van der Waals surface area contributed by atoms with Crippen LogP contribution in [0.25, 0.3) is 0 Å². The van der Waals surface area contributed by atoms with Crippen molar-refractivity contribution in [1.82, 2.24) is 35.2 Å². The molecule has 172 valence electrons. The summed E-state index contributed by atoms with van der Waals surface area (Å²) in [6, 6.07) is 9.65. The van der Waals surface area contributed by atoms with Crippen molar-refractivity contribution in [3.63, 3.8) is 0 Å². The molecular weight excluding hydrogens is 460 g/mol. The van der Waals surface area contributed by atoms with Crippen LogP contribution in [-0.4, -0.2) is 48.2 Å². The van der Waals surface area contributed by atoms with E-state index < -0.39 is 6.23 Å². The molecule has 1 aliphatic heterocycles. The van der Waals surface area contributed by atoms with Crippen molar-refractivity contribution in [3.8, 4) is 5.75 Å². The molecule has 1 saturated heterocycles. The van der Waals surface area contributed by atoms with Crippen LogP contribution in [0.4, 0.5) is 5.95 Å². The van der Waals surface area contributed by atoms with Crippen LogP contribution in [0.1, 0.15) is 48.2 Å². The molecule has 1 fully saturated rings. The zero-order valence-corrected chi connectivity index (χ0v) is 19.8. The fourth-order valence-corrected chi connectivity index (χ4v) is 4.77. The first-order valence-electron chi connectivity index (χ1n) is 10.8. The largest absolute Gasteiger partial charge is 0.463 e. The number of aromatic nitrogens is 7. The highest BCUT2D eigenvalue weighted by atomic mass is 35.5. The minimum Gasteiger partial charge on any atom is -0.463 e. The number of hydrogen-bond acceptors (Lipinski definition) is 9. The van der Waals surface area contributed by atoms with Crippen LogP contribution >= 0.6 is 23.7 Å². The number of thiazole rings is 1. The molecule has 11 heteroatoms. The Hall–Kier alpha value is -3.11. The average molecular weight is 485 g/mol. The van der Waals surface area contributed by atoms with Gasteiger partial charge in [0.25, 0.3) is 0 Å². The van der Waals surface area contributed by atoms with Crippen molar-refractivity contribution in [2.75, 3.05) is 18.0 Å². The summed E-state index contributed by atoms with van der Waals surface area (Å²) in [6.07, 6.45) is 7.87. The molecule has 0 bridgehead atoms. The van der Waals surface area contributed by atoms with Crippen molar-refractivity contribution < 1.29 is 4.74 Å². The molecule has 0 radical (unpaired) electrons. The Morgan fingerprint density at radius 1 is 1.12 bits per heavy atom. The van der Waals surface area contributed by atoms with E-state index >= 15 is 0 Å². The maximum Gasteiger partial charge on any atom is 0.238 e. The van der Waals surface area contributed by atoms with E-state index in [0.29, 0.717) is 5.92 Å². The third-order valence-electron chi connectivity index (χ3n) is 5.62. The van der Waals surface area contributed by atoms with Crippen LogP contribution in [0.3, 0.4) is 0 Å². The molecule has 1 aromatic carbocycles. The molecule has 9 nitrogen and oxygen atoms in total. The second-order valence-electron chi connectivity index (χ2n) is 7.69. The van der Waals surface area contributed by atoms with Crippen LogP contribution in [0, 0.1) is 0 Å². The maximum atomic E-state index is 6.18. The summed E-state index contributed by atoms with van der Waals surface area (Å²) in [5.74, 6) is 1.96. The second-order valence-corrected chi connectivity index (χ2v) is 8.58. The lowest BCUT2D eigenvalue weighted by Crippen LogP contribution is -2.34. The molecule has 0 aliphatic carbocycles. The van der Waals surface area contributed by atoms with Crippen LogP contribution in [-0.2, 0) is 6.42 Å². The number of aryl methyl sites for hydroxylation is 1. The molecule has 1 atom stereocenters. The van der Waals surface area contributed by atoms with Gasteiger partial charge in [0, 0.05) is 36.8 Å². The van der Waals surface area contributed by atoms with Crippen LogP contribution in [0.15, 0.2) is 54.4 Å². The predicted molar refractivity (Wildman–Crippen MR) is 128 cm³/mol. The Kier molecular flexibility index (Phi) is 7.46. The van der Waals surface area contributed by atoms with Crippen molar-refractivity contribution in [2.45, 2.75) is 38.3 Å². The molecule has 0 spiro atoms. The van der Waals surface area contributed by atoms with E-state index in [1.807, 2.05) is 48.1 Å². The minimum atomic E-state index is -0.511. The fourth-order valence-electron chi connectivity index (χ4n) is 3.78. The lowest BCUT2D eigenvalue weighted by Gasteiger charge is -2.31. The van der Waals surface area contributed by atoms with E-state index in [-0.39, 0.29) is 12.4 Å². The zero-order valence-electron chi connectivity index (χ0n) is 18.2. The van der Waals surface area contributed by atoms with Gasteiger partial charge in [-0.15, -0.1) is 28.8 Å².